The number of aromatic nitrogens is 2. The molecule has 0 unspecified atom stereocenters. The Morgan fingerprint density at radius 2 is 1.68 bits per heavy atom. The van der Waals surface area contributed by atoms with E-state index in [4.69, 9.17) is 9.26 Å². The van der Waals surface area contributed by atoms with E-state index in [9.17, 15) is 0 Å². The van der Waals surface area contributed by atoms with Gasteiger partial charge in [0.05, 0.1) is 0 Å². The van der Waals surface area contributed by atoms with Crippen molar-refractivity contribution < 1.29 is 9.26 Å². The molecule has 0 aliphatic carbocycles. The smallest absolute Gasteiger partial charge is 0.223 e. The third-order valence-electron chi connectivity index (χ3n) is 5.73. The standard InChI is InChI=1S/C25H32N4O2/c1-21-26-25(27-31-21)20-30-24-12-10-23(11-13-24)19-29-16-6-15-28(17-18-29)14-5-9-22-7-3-2-4-8-22/h2-4,7-8,10-13H,5-6,9,14-20H2,1H3. The molecule has 6 heteroatoms. The number of nitrogens with zero attached hydrogens (tertiary/aromatic N) is 4. The number of rotatable bonds is 9. The van der Waals surface area contributed by atoms with E-state index in [-0.39, 0.29) is 0 Å². The fraction of sp³-hybridized carbons (Fsp3) is 0.440. The highest BCUT2D eigenvalue weighted by atomic mass is 16.5. The molecule has 6 nitrogen and oxygen atoms in total. The van der Waals surface area contributed by atoms with Crippen LogP contribution in [0.5, 0.6) is 5.75 Å². The Balaban J connectivity index is 1.18. The molecule has 0 amide bonds. The van der Waals surface area contributed by atoms with Crippen LogP contribution in [0.15, 0.2) is 59.1 Å². The second-order valence-corrected chi connectivity index (χ2v) is 8.22. The van der Waals surface area contributed by atoms with E-state index >= 15 is 0 Å². The van der Waals surface area contributed by atoms with Gasteiger partial charge in [-0.15, -0.1) is 0 Å². The second-order valence-electron chi connectivity index (χ2n) is 8.22. The van der Waals surface area contributed by atoms with Gasteiger partial charge in [0.15, 0.2) is 6.61 Å². The molecule has 4 rings (SSSR count). The zero-order valence-electron chi connectivity index (χ0n) is 18.4. The van der Waals surface area contributed by atoms with Gasteiger partial charge in [-0.1, -0.05) is 47.6 Å². The number of benzene rings is 2. The second kappa shape index (κ2) is 11.1. The van der Waals surface area contributed by atoms with Gasteiger partial charge in [-0.2, -0.15) is 4.98 Å². The van der Waals surface area contributed by atoms with Crippen molar-refractivity contribution in [3.63, 3.8) is 0 Å². The molecule has 3 aromatic rings. The Bertz CT molecular complexity index is 911. The highest BCUT2D eigenvalue weighted by molar-refractivity contribution is 5.27. The van der Waals surface area contributed by atoms with Gasteiger partial charge in [-0.05, 0) is 62.2 Å². The van der Waals surface area contributed by atoms with Crippen molar-refractivity contribution >= 4 is 0 Å². The van der Waals surface area contributed by atoms with Gasteiger partial charge in [-0.3, -0.25) is 4.90 Å². The molecule has 0 spiro atoms. The molecule has 0 N–H and O–H groups in total. The lowest BCUT2D eigenvalue weighted by Gasteiger charge is -2.22. The molecular weight excluding hydrogens is 388 g/mol. The summed E-state index contributed by atoms with van der Waals surface area (Å²) >= 11 is 0. The van der Waals surface area contributed by atoms with E-state index < -0.39 is 0 Å². The van der Waals surface area contributed by atoms with E-state index in [1.54, 1.807) is 6.92 Å². The van der Waals surface area contributed by atoms with E-state index in [0.29, 0.717) is 18.3 Å². The molecular formula is C25H32N4O2. The van der Waals surface area contributed by atoms with E-state index in [1.807, 2.05) is 12.1 Å². The van der Waals surface area contributed by atoms with E-state index in [0.717, 1.165) is 31.9 Å². The van der Waals surface area contributed by atoms with Crippen molar-refractivity contribution in [2.45, 2.75) is 39.3 Å². The van der Waals surface area contributed by atoms with E-state index in [2.05, 4.69) is 62.4 Å². The van der Waals surface area contributed by atoms with Crippen LogP contribution in [0.4, 0.5) is 0 Å². The van der Waals surface area contributed by atoms with Crippen LogP contribution < -0.4 is 4.74 Å². The van der Waals surface area contributed by atoms with Gasteiger partial charge in [0.25, 0.3) is 0 Å². The molecule has 0 atom stereocenters. The highest BCUT2D eigenvalue weighted by Gasteiger charge is 2.15. The maximum Gasteiger partial charge on any atom is 0.223 e. The third-order valence-corrected chi connectivity index (χ3v) is 5.73. The average molecular weight is 421 g/mol. The molecule has 2 heterocycles. The fourth-order valence-electron chi connectivity index (χ4n) is 4.05. The molecule has 1 fully saturated rings. The topological polar surface area (TPSA) is 54.6 Å². The zero-order valence-corrected chi connectivity index (χ0v) is 18.4. The van der Waals surface area contributed by atoms with Crippen molar-refractivity contribution in [3.05, 3.63) is 77.4 Å². The number of aryl methyl sites for hydroxylation is 2. The lowest BCUT2D eigenvalue weighted by atomic mass is 10.1. The Morgan fingerprint density at radius 3 is 2.45 bits per heavy atom. The van der Waals surface area contributed by atoms with Crippen LogP contribution in [-0.2, 0) is 19.6 Å². The van der Waals surface area contributed by atoms with Crippen molar-refractivity contribution in [1.29, 1.82) is 0 Å². The Hall–Kier alpha value is -2.70. The van der Waals surface area contributed by atoms with Crippen LogP contribution in [0.25, 0.3) is 0 Å². The maximum absolute atomic E-state index is 5.75. The summed E-state index contributed by atoms with van der Waals surface area (Å²) in [6, 6.07) is 19.2. The van der Waals surface area contributed by atoms with Gasteiger partial charge < -0.3 is 14.2 Å². The Morgan fingerprint density at radius 1 is 0.903 bits per heavy atom. The maximum atomic E-state index is 5.75. The number of hydrogen-bond donors (Lipinski definition) is 0. The van der Waals surface area contributed by atoms with Crippen LogP contribution >= 0.6 is 0 Å². The minimum atomic E-state index is 0.322. The number of hydrogen-bond acceptors (Lipinski definition) is 6. The molecule has 0 saturated carbocycles. The van der Waals surface area contributed by atoms with Crippen LogP contribution in [0.1, 0.15) is 35.7 Å². The van der Waals surface area contributed by atoms with Crippen LogP contribution in [0.2, 0.25) is 0 Å². The quantitative estimate of drug-likeness (QED) is 0.520. The van der Waals surface area contributed by atoms with Gasteiger partial charge in [-0.25, -0.2) is 0 Å². The summed E-state index contributed by atoms with van der Waals surface area (Å²) < 4.78 is 10.7. The van der Waals surface area contributed by atoms with Crippen LogP contribution in [-0.4, -0.2) is 52.7 Å². The first-order valence-corrected chi connectivity index (χ1v) is 11.2. The van der Waals surface area contributed by atoms with Gasteiger partial charge >= 0.3 is 0 Å². The summed E-state index contributed by atoms with van der Waals surface area (Å²) in [6.07, 6.45) is 3.63. The summed E-state index contributed by atoms with van der Waals surface area (Å²) in [7, 11) is 0. The van der Waals surface area contributed by atoms with Gasteiger partial charge in [0.1, 0.15) is 5.75 Å². The van der Waals surface area contributed by atoms with Gasteiger partial charge in [0, 0.05) is 26.6 Å². The predicted octanol–water partition coefficient (Wildman–Crippen LogP) is 4.10. The summed E-state index contributed by atoms with van der Waals surface area (Å²) in [5.74, 6) is 1.95. The van der Waals surface area contributed by atoms with Crippen LogP contribution in [0.3, 0.4) is 0 Å². The summed E-state index contributed by atoms with van der Waals surface area (Å²) in [4.78, 5) is 9.35. The largest absolute Gasteiger partial charge is 0.485 e. The Kier molecular flexibility index (Phi) is 7.69. The number of ether oxygens (including phenoxy) is 1. The third kappa shape index (κ3) is 6.91. The summed E-state index contributed by atoms with van der Waals surface area (Å²) in [5.41, 5.74) is 2.76. The minimum Gasteiger partial charge on any atom is -0.485 e. The molecule has 164 valence electrons. The zero-order chi connectivity index (χ0) is 21.3. The molecule has 2 aromatic carbocycles. The molecule has 0 bridgehead atoms. The summed E-state index contributed by atoms with van der Waals surface area (Å²) in [6.45, 7) is 8.91. The fourth-order valence-corrected chi connectivity index (χ4v) is 4.05. The van der Waals surface area contributed by atoms with Crippen molar-refractivity contribution in [3.8, 4) is 5.75 Å². The predicted molar refractivity (Wildman–Crippen MR) is 121 cm³/mol. The molecule has 1 aromatic heterocycles. The Labute approximate surface area is 184 Å². The monoisotopic (exact) mass is 420 g/mol. The molecule has 1 aliphatic rings. The highest BCUT2D eigenvalue weighted by Crippen LogP contribution is 2.16. The first kappa shape index (κ1) is 21.5. The minimum absolute atomic E-state index is 0.322. The van der Waals surface area contributed by atoms with Gasteiger partial charge in [0.2, 0.25) is 11.7 Å². The lowest BCUT2D eigenvalue weighted by Crippen LogP contribution is -2.31. The average Bonchev–Trinajstić information content (AvgIpc) is 3.09. The first-order chi connectivity index (χ1) is 15.2. The first-order valence-electron chi connectivity index (χ1n) is 11.2. The molecule has 0 radical (unpaired) electrons. The summed E-state index contributed by atoms with van der Waals surface area (Å²) in [5, 5.41) is 3.85. The lowest BCUT2D eigenvalue weighted by molar-refractivity contribution is 0.250. The normalized spacial score (nSPS) is 15.6. The molecule has 1 aliphatic heterocycles. The van der Waals surface area contributed by atoms with Crippen molar-refractivity contribution in [1.82, 2.24) is 19.9 Å². The van der Waals surface area contributed by atoms with E-state index in [1.165, 1.54) is 43.5 Å². The van der Waals surface area contributed by atoms with Crippen molar-refractivity contribution in [2.75, 3.05) is 32.7 Å². The molecule has 1 saturated heterocycles. The SMILES string of the molecule is Cc1nc(COc2ccc(CN3CCCN(CCCc4ccccc4)CC3)cc2)no1. The van der Waals surface area contributed by atoms with Crippen molar-refractivity contribution in [2.24, 2.45) is 0 Å². The molecule has 31 heavy (non-hydrogen) atoms. The van der Waals surface area contributed by atoms with Crippen LogP contribution in [0, 0.1) is 6.92 Å².